The molecule has 0 bridgehead atoms. The summed E-state index contributed by atoms with van der Waals surface area (Å²) in [7, 11) is 1.82. The van der Waals surface area contributed by atoms with Gasteiger partial charge in [0.1, 0.15) is 5.82 Å². The fourth-order valence-electron chi connectivity index (χ4n) is 2.12. The van der Waals surface area contributed by atoms with Crippen LogP contribution in [-0.4, -0.2) is 52.2 Å². The van der Waals surface area contributed by atoms with E-state index in [-0.39, 0.29) is 23.7 Å². The molecule has 1 aliphatic rings. The highest BCUT2D eigenvalue weighted by atomic mass is 16.2. The van der Waals surface area contributed by atoms with E-state index in [1.807, 2.05) is 20.9 Å². The molecule has 1 fully saturated rings. The number of piperidine rings is 1. The minimum Gasteiger partial charge on any atom is -0.335 e. The molecular formula is C12H21N5O. The Bertz CT molecular complexity index is 408. The first-order valence-corrected chi connectivity index (χ1v) is 6.49. The smallest absolute Gasteiger partial charge is 0.293 e. The van der Waals surface area contributed by atoms with E-state index in [4.69, 9.17) is 0 Å². The summed E-state index contributed by atoms with van der Waals surface area (Å²) >= 11 is 0. The van der Waals surface area contributed by atoms with Crippen molar-refractivity contribution in [1.29, 1.82) is 0 Å². The maximum Gasteiger partial charge on any atom is 0.293 e. The van der Waals surface area contributed by atoms with Crippen LogP contribution < -0.4 is 5.32 Å². The molecule has 2 heterocycles. The fourth-order valence-corrected chi connectivity index (χ4v) is 2.12. The summed E-state index contributed by atoms with van der Waals surface area (Å²) in [6.45, 7) is 5.92. The molecular weight excluding hydrogens is 230 g/mol. The summed E-state index contributed by atoms with van der Waals surface area (Å²) in [5.74, 6) is 1.17. The van der Waals surface area contributed by atoms with Gasteiger partial charge in [0.25, 0.3) is 5.91 Å². The van der Waals surface area contributed by atoms with Crippen molar-refractivity contribution in [3.8, 4) is 0 Å². The van der Waals surface area contributed by atoms with E-state index in [0.717, 1.165) is 31.8 Å². The minimum absolute atomic E-state index is 0.105. The summed E-state index contributed by atoms with van der Waals surface area (Å²) in [5.41, 5.74) is 0. The topological polar surface area (TPSA) is 73.9 Å². The highest BCUT2D eigenvalue weighted by Crippen LogP contribution is 2.12. The van der Waals surface area contributed by atoms with Gasteiger partial charge in [0.05, 0.1) is 0 Å². The van der Waals surface area contributed by atoms with Crippen LogP contribution in [0.2, 0.25) is 0 Å². The third kappa shape index (κ3) is 2.69. The van der Waals surface area contributed by atoms with E-state index in [1.54, 1.807) is 4.90 Å². The molecule has 100 valence electrons. The van der Waals surface area contributed by atoms with Gasteiger partial charge in [0, 0.05) is 25.6 Å². The molecule has 6 nitrogen and oxygen atoms in total. The van der Waals surface area contributed by atoms with E-state index in [0.29, 0.717) is 0 Å². The largest absolute Gasteiger partial charge is 0.335 e. The Morgan fingerprint density at radius 3 is 2.83 bits per heavy atom. The summed E-state index contributed by atoms with van der Waals surface area (Å²) in [6.07, 6.45) is 2.14. The van der Waals surface area contributed by atoms with Crippen molar-refractivity contribution in [2.45, 2.75) is 38.6 Å². The molecule has 18 heavy (non-hydrogen) atoms. The zero-order chi connectivity index (χ0) is 13.1. The van der Waals surface area contributed by atoms with Crippen LogP contribution in [0.5, 0.6) is 0 Å². The molecule has 1 unspecified atom stereocenters. The number of nitrogens with one attached hydrogen (secondary N) is 2. The Balaban J connectivity index is 2.04. The monoisotopic (exact) mass is 251 g/mol. The van der Waals surface area contributed by atoms with Crippen LogP contribution in [0.1, 0.15) is 49.1 Å². The van der Waals surface area contributed by atoms with Crippen LogP contribution in [0.4, 0.5) is 0 Å². The Kier molecular flexibility index (Phi) is 3.96. The lowest BCUT2D eigenvalue weighted by Gasteiger charge is -2.30. The minimum atomic E-state index is -0.105. The maximum atomic E-state index is 12.2. The van der Waals surface area contributed by atoms with Gasteiger partial charge in [0.2, 0.25) is 5.82 Å². The number of carbonyl (C=O) groups excluding carboxylic acids is 1. The van der Waals surface area contributed by atoms with Gasteiger partial charge in [-0.1, -0.05) is 13.8 Å². The van der Waals surface area contributed by atoms with Crippen LogP contribution in [0, 0.1) is 0 Å². The molecule has 1 aliphatic heterocycles. The molecule has 0 aliphatic carbocycles. The standard InChI is InChI=1S/C12H21N5O/c1-8(2)10-14-11(16-15-10)12(18)17(3)9-5-4-6-13-7-9/h8-9,13H,4-7H2,1-3H3,(H,14,15,16). The molecule has 1 atom stereocenters. The second kappa shape index (κ2) is 5.48. The average molecular weight is 251 g/mol. The lowest BCUT2D eigenvalue weighted by atomic mass is 10.1. The molecule has 0 aromatic carbocycles. The molecule has 0 radical (unpaired) electrons. The summed E-state index contributed by atoms with van der Waals surface area (Å²) < 4.78 is 0. The first kappa shape index (κ1) is 13.0. The molecule has 0 spiro atoms. The Hall–Kier alpha value is -1.43. The van der Waals surface area contributed by atoms with Gasteiger partial charge in [0.15, 0.2) is 0 Å². The van der Waals surface area contributed by atoms with Gasteiger partial charge in [-0.25, -0.2) is 4.98 Å². The van der Waals surface area contributed by atoms with Crippen molar-refractivity contribution in [1.82, 2.24) is 25.4 Å². The van der Waals surface area contributed by atoms with Gasteiger partial charge in [-0.3, -0.25) is 9.89 Å². The van der Waals surface area contributed by atoms with Crippen molar-refractivity contribution in [3.63, 3.8) is 0 Å². The van der Waals surface area contributed by atoms with Crippen LogP contribution >= 0.6 is 0 Å². The highest BCUT2D eigenvalue weighted by Gasteiger charge is 2.25. The summed E-state index contributed by atoms with van der Waals surface area (Å²) in [6, 6.07) is 0.243. The quantitative estimate of drug-likeness (QED) is 0.831. The van der Waals surface area contributed by atoms with Crippen LogP contribution in [0.25, 0.3) is 0 Å². The van der Waals surface area contributed by atoms with Crippen molar-refractivity contribution in [2.75, 3.05) is 20.1 Å². The van der Waals surface area contributed by atoms with Gasteiger partial charge < -0.3 is 10.2 Å². The van der Waals surface area contributed by atoms with E-state index in [1.165, 1.54) is 0 Å². The molecule has 0 saturated carbocycles. The van der Waals surface area contributed by atoms with Crippen LogP contribution in [0.15, 0.2) is 0 Å². The first-order valence-electron chi connectivity index (χ1n) is 6.49. The number of carbonyl (C=O) groups is 1. The lowest BCUT2D eigenvalue weighted by Crippen LogP contribution is -2.46. The fraction of sp³-hybridized carbons (Fsp3) is 0.750. The third-order valence-corrected chi connectivity index (χ3v) is 3.38. The van der Waals surface area contributed by atoms with Crippen molar-refractivity contribution in [3.05, 3.63) is 11.6 Å². The predicted octanol–water partition coefficient (Wildman–Crippen LogP) is 0.752. The van der Waals surface area contributed by atoms with Crippen molar-refractivity contribution >= 4 is 5.91 Å². The number of H-pyrrole nitrogens is 1. The summed E-state index contributed by atoms with van der Waals surface area (Å²) in [4.78, 5) is 18.2. The number of rotatable bonds is 3. The van der Waals surface area contributed by atoms with Crippen molar-refractivity contribution < 1.29 is 4.79 Å². The predicted molar refractivity (Wildman–Crippen MR) is 68.5 cm³/mol. The van der Waals surface area contributed by atoms with Gasteiger partial charge in [-0.2, -0.15) is 0 Å². The second-order valence-electron chi connectivity index (χ2n) is 5.12. The van der Waals surface area contributed by atoms with E-state index in [9.17, 15) is 4.79 Å². The van der Waals surface area contributed by atoms with Gasteiger partial charge >= 0.3 is 0 Å². The molecule has 1 aromatic rings. The normalized spacial score (nSPS) is 20.1. The van der Waals surface area contributed by atoms with E-state index in [2.05, 4.69) is 20.5 Å². The Labute approximate surface area is 107 Å². The van der Waals surface area contributed by atoms with E-state index >= 15 is 0 Å². The SMILES string of the molecule is CC(C)c1nc(C(=O)N(C)C2CCCNC2)n[nH]1. The first-order chi connectivity index (χ1) is 8.59. The number of hydrogen-bond donors (Lipinski definition) is 2. The lowest BCUT2D eigenvalue weighted by molar-refractivity contribution is 0.0696. The molecule has 6 heteroatoms. The number of amides is 1. The van der Waals surface area contributed by atoms with Crippen LogP contribution in [0.3, 0.4) is 0 Å². The number of aromatic nitrogens is 3. The van der Waals surface area contributed by atoms with E-state index < -0.39 is 0 Å². The van der Waals surface area contributed by atoms with Crippen LogP contribution in [-0.2, 0) is 0 Å². The number of likely N-dealkylation sites (N-methyl/N-ethyl adjacent to an activating group) is 1. The number of nitrogens with zero attached hydrogens (tertiary/aromatic N) is 3. The Morgan fingerprint density at radius 1 is 1.50 bits per heavy atom. The van der Waals surface area contributed by atoms with Gasteiger partial charge in [-0.05, 0) is 19.4 Å². The molecule has 1 aromatic heterocycles. The summed E-state index contributed by atoms with van der Waals surface area (Å²) in [5, 5.41) is 10.1. The zero-order valence-electron chi connectivity index (χ0n) is 11.2. The van der Waals surface area contributed by atoms with Crippen molar-refractivity contribution in [2.24, 2.45) is 0 Å². The Morgan fingerprint density at radius 2 is 2.28 bits per heavy atom. The molecule has 1 amide bonds. The third-order valence-electron chi connectivity index (χ3n) is 3.38. The maximum absolute atomic E-state index is 12.2. The number of aromatic amines is 1. The number of hydrogen-bond acceptors (Lipinski definition) is 4. The zero-order valence-corrected chi connectivity index (χ0v) is 11.2. The second-order valence-corrected chi connectivity index (χ2v) is 5.12. The highest BCUT2D eigenvalue weighted by molar-refractivity contribution is 5.90. The molecule has 1 saturated heterocycles. The average Bonchev–Trinajstić information content (AvgIpc) is 2.88. The molecule has 2 rings (SSSR count). The molecule has 2 N–H and O–H groups in total. The van der Waals surface area contributed by atoms with Gasteiger partial charge in [-0.15, -0.1) is 5.10 Å².